The molecular weight excluding hydrogens is 645 g/mol. The van der Waals surface area contributed by atoms with Crippen LogP contribution in [0.5, 0.6) is 0 Å². The molecule has 0 amide bonds. The molecule has 9 aromatic carbocycles. The van der Waals surface area contributed by atoms with Gasteiger partial charge >= 0.3 is 0 Å². The highest BCUT2D eigenvalue weighted by molar-refractivity contribution is 6.26. The first-order valence-electron chi connectivity index (χ1n) is 18.0. The fraction of sp³-hybridized carbons (Fsp3) is 0. The number of aromatic nitrogens is 2. The summed E-state index contributed by atoms with van der Waals surface area (Å²) in [6.07, 6.45) is 0. The monoisotopic (exact) mass is 674 g/mol. The standard InChI is InChI=1S/C50H30N2O/c1-2-13-32(14-3-1)49-51-48(47-46-38-19-5-4-12-31(38)25-27-45(46)53-50(47)52-49)37-18-11-17-35(29-37)33-15-10-16-34(28-33)36-24-26-43-41-22-7-6-20-39(41)40-21-8-9-23-42(40)44(43)30-36/h1-30H. The van der Waals surface area contributed by atoms with Crippen molar-refractivity contribution < 1.29 is 4.42 Å². The Kier molecular flexibility index (Phi) is 6.55. The van der Waals surface area contributed by atoms with Crippen molar-refractivity contribution in [3.05, 3.63) is 182 Å². The Morgan fingerprint density at radius 3 is 1.55 bits per heavy atom. The van der Waals surface area contributed by atoms with Crippen molar-refractivity contribution in [2.75, 3.05) is 0 Å². The Labute approximate surface area is 305 Å². The minimum atomic E-state index is 0.587. The third-order valence-corrected chi connectivity index (χ3v) is 10.7. The van der Waals surface area contributed by atoms with E-state index in [1.54, 1.807) is 0 Å². The average molecular weight is 675 g/mol. The third kappa shape index (κ3) is 4.75. The van der Waals surface area contributed by atoms with Crippen molar-refractivity contribution in [3.63, 3.8) is 0 Å². The van der Waals surface area contributed by atoms with Crippen molar-refractivity contribution >= 4 is 65.2 Å². The molecule has 0 spiro atoms. The Balaban J connectivity index is 1.08. The maximum absolute atomic E-state index is 6.49. The number of fused-ring (bicyclic) bond motifs is 11. The molecule has 0 atom stereocenters. The van der Waals surface area contributed by atoms with Crippen LogP contribution in [0.25, 0.3) is 110 Å². The normalized spacial score (nSPS) is 11.8. The third-order valence-electron chi connectivity index (χ3n) is 10.7. The topological polar surface area (TPSA) is 38.9 Å². The fourth-order valence-corrected chi connectivity index (χ4v) is 8.17. The number of benzene rings is 9. The predicted octanol–water partition coefficient (Wildman–Crippen LogP) is 13.7. The van der Waals surface area contributed by atoms with Gasteiger partial charge < -0.3 is 4.42 Å². The lowest BCUT2D eigenvalue weighted by atomic mass is 9.91. The molecule has 0 unspecified atom stereocenters. The van der Waals surface area contributed by atoms with Crippen LogP contribution in [0.1, 0.15) is 0 Å². The Morgan fingerprint density at radius 1 is 0.321 bits per heavy atom. The van der Waals surface area contributed by atoms with Crippen LogP contribution >= 0.6 is 0 Å². The summed E-state index contributed by atoms with van der Waals surface area (Å²) in [6.45, 7) is 0. The van der Waals surface area contributed by atoms with E-state index in [0.29, 0.717) is 11.5 Å². The van der Waals surface area contributed by atoms with E-state index in [1.807, 2.05) is 36.4 Å². The number of hydrogen-bond donors (Lipinski definition) is 0. The Bertz CT molecular complexity index is 3200. The zero-order chi connectivity index (χ0) is 34.9. The number of rotatable bonds is 4. The summed E-state index contributed by atoms with van der Waals surface area (Å²) in [4.78, 5) is 10.3. The summed E-state index contributed by atoms with van der Waals surface area (Å²) in [5.41, 5.74) is 8.83. The summed E-state index contributed by atoms with van der Waals surface area (Å²) in [5.74, 6) is 0.639. The van der Waals surface area contributed by atoms with Crippen LogP contribution in [0.4, 0.5) is 0 Å². The summed E-state index contributed by atoms with van der Waals surface area (Å²) in [5, 5.41) is 11.9. The fourth-order valence-electron chi connectivity index (χ4n) is 8.17. The largest absolute Gasteiger partial charge is 0.438 e. The number of furan rings is 1. The molecule has 0 saturated carbocycles. The van der Waals surface area contributed by atoms with Crippen LogP contribution in [0.15, 0.2) is 186 Å². The molecule has 3 heteroatoms. The van der Waals surface area contributed by atoms with Gasteiger partial charge in [0, 0.05) is 16.5 Å². The second-order valence-corrected chi connectivity index (χ2v) is 13.7. The molecule has 53 heavy (non-hydrogen) atoms. The lowest BCUT2D eigenvalue weighted by Gasteiger charge is -2.13. The molecule has 0 aliphatic carbocycles. The van der Waals surface area contributed by atoms with E-state index in [1.165, 1.54) is 43.4 Å². The van der Waals surface area contributed by atoms with E-state index in [0.717, 1.165) is 55.1 Å². The molecule has 0 aliphatic rings. The molecule has 246 valence electrons. The summed E-state index contributed by atoms with van der Waals surface area (Å²) < 4.78 is 6.49. The Morgan fingerprint density at radius 2 is 0.849 bits per heavy atom. The van der Waals surface area contributed by atoms with Crippen LogP contribution in [0, 0.1) is 0 Å². The zero-order valence-electron chi connectivity index (χ0n) is 28.6. The molecule has 11 aromatic rings. The number of hydrogen-bond acceptors (Lipinski definition) is 3. The van der Waals surface area contributed by atoms with E-state index >= 15 is 0 Å². The van der Waals surface area contributed by atoms with Gasteiger partial charge in [0.05, 0.1) is 11.1 Å². The second kappa shape index (κ2) is 11.7. The van der Waals surface area contributed by atoms with Gasteiger partial charge in [-0.05, 0) is 89.6 Å². The molecule has 0 fully saturated rings. The molecule has 0 bridgehead atoms. The van der Waals surface area contributed by atoms with E-state index < -0.39 is 0 Å². The highest BCUT2D eigenvalue weighted by atomic mass is 16.3. The summed E-state index contributed by atoms with van der Waals surface area (Å²) in [6, 6.07) is 64.7. The Hall–Kier alpha value is -7.10. The van der Waals surface area contributed by atoms with Crippen LogP contribution < -0.4 is 0 Å². The first kappa shape index (κ1) is 29.6. The SMILES string of the molecule is c1ccc(-c2nc(-c3cccc(-c4cccc(-c5ccc6c7ccccc7c7ccccc7c6c5)c4)c3)c3c(n2)oc2ccc4ccccc4c23)cc1. The van der Waals surface area contributed by atoms with Crippen molar-refractivity contribution in [1.82, 2.24) is 9.97 Å². The van der Waals surface area contributed by atoms with Crippen LogP contribution in [-0.2, 0) is 0 Å². The van der Waals surface area contributed by atoms with Crippen LogP contribution in [-0.4, -0.2) is 9.97 Å². The maximum Gasteiger partial charge on any atom is 0.231 e. The molecule has 11 rings (SSSR count). The molecule has 0 radical (unpaired) electrons. The molecule has 2 heterocycles. The maximum atomic E-state index is 6.49. The highest BCUT2D eigenvalue weighted by Gasteiger charge is 2.20. The van der Waals surface area contributed by atoms with Gasteiger partial charge in [0.15, 0.2) is 5.82 Å². The van der Waals surface area contributed by atoms with Gasteiger partial charge in [0.2, 0.25) is 5.71 Å². The van der Waals surface area contributed by atoms with Crippen LogP contribution in [0.2, 0.25) is 0 Å². The number of nitrogens with zero attached hydrogens (tertiary/aromatic N) is 2. The van der Waals surface area contributed by atoms with E-state index in [-0.39, 0.29) is 0 Å². The minimum absolute atomic E-state index is 0.587. The van der Waals surface area contributed by atoms with E-state index in [4.69, 9.17) is 14.4 Å². The van der Waals surface area contributed by atoms with Gasteiger partial charge in [0.1, 0.15) is 5.58 Å². The lowest BCUT2D eigenvalue weighted by molar-refractivity contribution is 0.654. The predicted molar refractivity (Wildman–Crippen MR) is 221 cm³/mol. The van der Waals surface area contributed by atoms with Gasteiger partial charge in [-0.2, -0.15) is 4.98 Å². The molecular formula is C50H30N2O. The molecule has 0 aliphatic heterocycles. The van der Waals surface area contributed by atoms with Crippen molar-refractivity contribution in [2.45, 2.75) is 0 Å². The first-order valence-corrected chi connectivity index (χ1v) is 18.0. The van der Waals surface area contributed by atoms with Gasteiger partial charge in [-0.15, -0.1) is 0 Å². The minimum Gasteiger partial charge on any atom is -0.438 e. The molecule has 0 saturated heterocycles. The zero-order valence-corrected chi connectivity index (χ0v) is 28.6. The smallest absolute Gasteiger partial charge is 0.231 e. The van der Waals surface area contributed by atoms with E-state index in [2.05, 4.69) is 146 Å². The van der Waals surface area contributed by atoms with E-state index in [9.17, 15) is 0 Å². The molecule has 3 nitrogen and oxygen atoms in total. The lowest BCUT2D eigenvalue weighted by Crippen LogP contribution is -1.94. The average Bonchev–Trinajstić information content (AvgIpc) is 3.63. The quantitative estimate of drug-likeness (QED) is 0.174. The summed E-state index contributed by atoms with van der Waals surface area (Å²) in [7, 11) is 0. The van der Waals surface area contributed by atoms with Crippen LogP contribution in [0.3, 0.4) is 0 Å². The molecule has 2 aromatic heterocycles. The summed E-state index contributed by atoms with van der Waals surface area (Å²) >= 11 is 0. The van der Waals surface area contributed by atoms with Crippen molar-refractivity contribution in [1.29, 1.82) is 0 Å². The van der Waals surface area contributed by atoms with Crippen molar-refractivity contribution in [2.24, 2.45) is 0 Å². The second-order valence-electron chi connectivity index (χ2n) is 13.7. The van der Waals surface area contributed by atoms with Gasteiger partial charge in [-0.25, -0.2) is 4.98 Å². The van der Waals surface area contributed by atoms with Gasteiger partial charge in [0.25, 0.3) is 0 Å². The highest BCUT2D eigenvalue weighted by Crippen LogP contribution is 2.41. The van der Waals surface area contributed by atoms with Gasteiger partial charge in [-0.3, -0.25) is 0 Å². The molecule has 0 N–H and O–H groups in total. The van der Waals surface area contributed by atoms with Crippen molar-refractivity contribution in [3.8, 4) is 44.9 Å². The van der Waals surface area contributed by atoms with Gasteiger partial charge in [-0.1, -0.05) is 158 Å². The first-order chi connectivity index (χ1) is 26.3.